The van der Waals surface area contributed by atoms with Gasteiger partial charge in [-0.05, 0) is 35.5 Å². The third-order valence-corrected chi connectivity index (χ3v) is 6.75. The van der Waals surface area contributed by atoms with E-state index in [1.807, 2.05) is 24.3 Å². The SMILES string of the molecule is COc1cc(-c2cn(C3(C(=O)NC4(C(N)=O)Cc5ccccc5C4)CC3)nn2)sn1. The molecule has 2 aliphatic carbocycles. The van der Waals surface area contributed by atoms with Crippen LogP contribution in [-0.2, 0) is 28.0 Å². The maximum absolute atomic E-state index is 13.3. The molecule has 0 aliphatic heterocycles. The monoisotopic (exact) mass is 424 g/mol. The van der Waals surface area contributed by atoms with Crippen LogP contribution in [0.25, 0.3) is 10.6 Å². The number of benzene rings is 1. The minimum Gasteiger partial charge on any atom is -0.480 e. The lowest BCUT2D eigenvalue weighted by molar-refractivity contribution is -0.134. The molecular formula is C20H20N6O3S. The second-order valence-electron chi connectivity index (χ2n) is 7.84. The molecule has 2 heterocycles. The van der Waals surface area contributed by atoms with Gasteiger partial charge in [-0.1, -0.05) is 29.5 Å². The van der Waals surface area contributed by atoms with Crippen LogP contribution in [0.3, 0.4) is 0 Å². The molecule has 0 saturated heterocycles. The molecule has 2 amide bonds. The Bertz CT molecular complexity index is 1120. The van der Waals surface area contributed by atoms with Crippen LogP contribution in [0, 0.1) is 0 Å². The second kappa shape index (κ2) is 6.63. The Kier molecular flexibility index (Phi) is 4.14. The summed E-state index contributed by atoms with van der Waals surface area (Å²) >= 11 is 1.25. The number of methoxy groups -OCH3 is 1. The highest BCUT2D eigenvalue weighted by atomic mass is 32.1. The van der Waals surface area contributed by atoms with Gasteiger partial charge < -0.3 is 15.8 Å². The third-order valence-electron chi connectivity index (χ3n) is 5.96. The highest BCUT2D eigenvalue weighted by Crippen LogP contribution is 2.45. The van der Waals surface area contributed by atoms with E-state index >= 15 is 0 Å². The van der Waals surface area contributed by atoms with Crippen LogP contribution in [0.5, 0.6) is 5.88 Å². The van der Waals surface area contributed by atoms with Crippen LogP contribution in [-0.4, -0.2) is 43.8 Å². The number of fused-ring (bicyclic) bond motifs is 1. The fourth-order valence-corrected chi connectivity index (χ4v) is 4.67. The van der Waals surface area contributed by atoms with E-state index in [0.717, 1.165) is 16.0 Å². The van der Waals surface area contributed by atoms with Crippen LogP contribution < -0.4 is 15.8 Å². The first kappa shape index (κ1) is 18.7. The van der Waals surface area contributed by atoms with Gasteiger partial charge in [-0.2, -0.15) is 4.37 Å². The summed E-state index contributed by atoms with van der Waals surface area (Å²) in [6.07, 6.45) is 3.76. The van der Waals surface area contributed by atoms with Crippen LogP contribution in [0.2, 0.25) is 0 Å². The van der Waals surface area contributed by atoms with Gasteiger partial charge in [0.25, 0.3) is 0 Å². The van der Waals surface area contributed by atoms with Crippen molar-refractivity contribution in [3.63, 3.8) is 0 Å². The number of nitrogens with two attached hydrogens (primary N) is 1. The molecule has 0 radical (unpaired) electrons. The molecule has 1 fully saturated rings. The molecular weight excluding hydrogens is 404 g/mol. The van der Waals surface area contributed by atoms with Crippen LogP contribution in [0.15, 0.2) is 36.5 Å². The van der Waals surface area contributed by atoms with Crippen molar-refractivity contribution in [3.05, 3.63) is 47.7 Å². The number of rotatable bonds is 6. The highest BCUT2D eigenvalue weighted by molar-refractivity contribution is 7.09. The molecule has 154 valence electrons. The Hall–Kier alpha value is -3.27. The van der Waals surface area contributed by atoms with Crippen molar-refractivity contribution >= 4 is 23.3 Å². The first-order chi connectivity index (χ1) is 14.5. The van der Waals surface area contributed by atoms with Gasteiger partial charge in [0.15, 0.2) is 0 Å². The molecule has 0 spiro atoms. The average molecular weight is 424 g/mol. The molecule has 30 heavy (non-hydrogen) atoms. The van der Waals surface area contributed by atoms with Gasteiger partial charge in [0.1, 0.15) is 16.8 Å². The van der Waals surface area contributed by atoms with E-state index in [9.17, 15) is 9.59 Å². The molecule has 2 aromatic heterocycles. The molecule has 9 nitrogen and oxygen atoms in total. The molecule has 0 bridgehead atoms. The minimum absolute atomic E-state index is 0.257. The zero-order chi connectivity index (χ0) is 20.9. The lowest BCUT2D eigenvalue weighted by Crippen LogP contribution is -2.61. The number of nitrogens with zero attached hydrogens (tertiary/aromatic N) is 4. The quantitative estimate of drug-likeness (QED) is 0.609. The number of hydrogen-bond acceptors (Lipinski definition) is 7. The van der Waals surface area contributed by atoms with Gasteiger partial charge in [0, 0.05) is 18.9 Å². The van der Waals surface area contributed by atoms with E-state index in [1.165, 1.54) is 11.5 Å². The average Bonchev–Trinajstić information content (AvgIpc) is 3.12. The molecule has 3 N–H and O–H groups in total. The first-order valence-corrected chi connectivity index (χ1v) is 10.4. The molecule has 1 aromatic carbocycles. The maximum atomic E-state index is 13.3. The second-order valence-corrected chi connectivity index (χ2v) is 8.64. The van der Waals surface area contributed by atoms with Crippen molar-refractivity contribution < 1.29 is 14.3 Å². The molecule has 1 saturated carbocycles. The number of carbonyl (C=O) groups excluding carboxylic acids is 2. The Labute approximate surface area is 176 Å². The molecule has 0 atom stereocenters. The maximum Gasteiger partial charge on any atom is 0.248 e. The van der Waals surface area contributed by atoms with Crippen LogP contribution in [0.1, 0.15) is 24.0 Å². The summed E-state index contributed by atoms with van der Waals surface area (Å²) in [5.74, 6) is -0.279. The predicted molar refractivity (Wildman–Crippen MR) is 109 cm³/mol. The van der Waals surface area contributed by atoms with Crippen molar-refractivity contribution in [2.45, 2.75) is 36.8 Å². The zero-order valence-electron chi connectivity index (χ0n) is 16.3. The summed E-state index contributed by atoms with van der Waals surface area (Å²) in [7, 11) is 1.55. The Balaban J connectivity index is 1.39. The predicted octanol–water partition coefficient (Wildman–Crippen LogP) is 1.04. The molecule has 2 aliphatic rings. The Morgan fingerprint density at radius 2 is 1.93 bits per heavy atom. The van der Waals surface area contributed by atoms with Gasteiger partial charge in [0.2, 0.25) is 17.7 Å². The smallest absolute Gasteiger partial charge is 0.248 e. The van der Waals surface area contributed by atoms with E-state index < -0.39 is 17.0 Å². The molecule has 3 aromatic rings. The fourth-order valence-electron chi connectivity index (χ4n) is 4.01. The first-order valence-electron chi connectivity index (χ1n) is 9.59. The molecule has 0 unspecified atom stereocenters. The van der Waals surface area contributed by atoms with Gasteiger partial charge in [-0.3, -0.25) is 9.59 Å². The van der Waals surface area contributed by atoms with Gasteiger partial charge in [-0.25, -0.2) is 4.68 Å². The van der Waals surface area contributed by atoms with Crippen molar-refractivity contribution in [2.24, 2.45) is 5.73 Å². The van der Waals surface area contributed by atoms with Crippen molar-refractivity contribution in [3.8, 4) is 16.5 Å². The summed E-state index contributed by atoms with van der Waals surface area (Å²) in [4.78, 5) is 26.5. The summed E-state index contributed by atoms with van der Waals surface area (Å²) in [6.45, 7) is 0. The summed E-state index contributed by atoms with van der Waals surface area (Å²) in [6, 6.07) is 9.55. The van der Waals surface area contributed by atoms with E-state index in [1.54, 1.807) is 24.1 Å². The lowest BCUT2D eigenvalue weighted by Gasteiger charge is -2.29. The van der Waals surface area contributed by atoms with Crippen molar-refractivity contribution in [2.75, 3.05) is 7.11 Å². The minimum atomic E-state index is -1.12. The van der Waals surface area contributed by atoms with Crippen molar-refractivity contribution in [1.82, 2.24) is 24.7 Å². The number of primary amides is 1. The zero-order valence-corrected chi connectivity index (χ0v) is 17.1. The summed E-state index contributed by atoms with van der Waals surface area (Å²) < 4.78 is 10.9. The normalized spacial score (nSPS) is 17.9. The third kappa shape index (κ3) is 2.86. The fraction of sp³-hybridized carbons (Fsp3) is 0.350. The van der Waals surface area contributed by atoms with Crippen LogP contribution in [0.4, 0.5) is 0 Å². The number of carbonyl (C=O) groups is 2. The van der Waals surface area contributed by atoms with Crippen LogP contribution >= 0.6 is 11.5 Å². The number of nitrogens with one attached hydrogen (secondary N) is 1. The summed E-state index contributed by atoms with van der Waals surface area (Å²) in [5, 5.41) is 11.4. The number of aromatic nitrogens is 4. The summed E-state index contributed by atoms with van der Waals surface area (Å²) in [5.41, 5.74) is 6.46. The number of amides is 2. The van der Waals surface area contributed by atoms with Gasteiger partial charge in [0.05, 0.1) is 18.2 Å². The van der Waals surface area contributed by atoms with Gasteiger partial charge in [-0.15, -0.1) is 5.10 Å². The Morgan fingerprint density at radius 1 is 1.23 bits per heavy atom. The standard InChI is InChI=1S/C20H20N6O3S/c1-29-16-8-15(30-24-16)14-11-26(25-23-14)20(6-7-20)18(28)22-19(17(21)27)9-12-4-2-3-5-13(12)10-19/h2-5,8,11H,6-7,9-10H2,1H3,(H2,21,27)(H,22,28). The topological polar surface area (TPSA) is 125 Å². The number of hydrogen-bond donors (Lipinski definition) is 2. The lowest BCUT2D eigenvalue weighted by atomic mass is 9.94. The van der Waals surface area contributed by atoms with Crippen molar-refractivity contribution in [1.29, 1.82) is 0 Å². The molecule has 5 rings (SSSR count). The number of ether oxygens (including phenoxy) is 1. The van der Waals surface area contributed by atoms with E-state index in [-0.39, 0.29) is 5.91 Å². The van der Waals surface area contributed by atoms with Gasteiger partial charge >= 0.3 is 0 Å². The van der Waals surface area contributed by atoms with E-state index in [4.69, 9.17) is 10.5 Å². The largest absolute Gasteiger partial charge is 0.480 e. The molecule has 10 heteroatoms. The van der Waals surface area contributed by atoms with E-state index in [2.05, 4.69) is 20.0 Å². The highest BCUT2D eigenvalue weighted by Gasteiger charge is 2.56. The van der Waals surface area contributed by atoms with E-state index in [0.29, 0.717) is 37.3 Å². The Morgan fingerprint density at radius 3 is 2.50 bits per heavy atom.